The van der Waals surface area contributed by atoms with E-state index in [-0.39, 0.29) is 5.91 Å². The van der Waals surface area contributed by atoms with Crippen LogP contribution >= 0.6 is 11.3 Å². The van der Waals surface area contributed by atoms with Crippen LogP contribution in [0.1, 0.15) is 35.8 Å². The number of anilines is 2. The van der Waals surface area contributed by atoms with Gasteiger partial charge in [-0.25, -0.2) is 4.98 Å². The average molecular weight is 276 g/mol. The molecule has 4 N–H and O–H groups in total. The average Bonchev–Trinajstić information content (AvgIpc) is 2.87. The second-order valence-electron chi connectivity index (χ2n) is 4.41. The molecule has 1 amide bonds. The summed E-state index contributed by atoms with van der Waals surface area (Å²) in [6.07, 6.45) is 0. The summed E-state index contributed by atoms with van der Waals surface area (Å²) in [6.45, 7) is 4.14. The van der Waals surface area contributed by atoms with Gasteiger partial charge < -0.3 is 5.43 Å². The number of hydrogen-bond acceptors (Lipinski definition) is 5. The summed E-state index contributed by atoms with van der Waals surface area (Å²) in [6, 6.07) is 6.91. The molecular weight excluding hydrogens is 260 g/mol. The van der Waals surface area contributed by atoms with Gasteiger partial charge in [0.25, 0.3) is 5.91 Å². The fourth-order valence-corrected chi connectivity index (χ4v) is 2.36. The topological polar surface area (TPSA) is 80.0 Å². The molecule has 0 aliphatic heterocycles. The van der Waals surface area contributed by atoms with Gasteiger partial charge in [0, 0.05) is 16.6 Å². The number of carbonyl (C=O) groups is 1. The third-order valence-electron chi connectivity index (χ3n) is 2.65. The minimum atomic E-state index is -0.173. The van der Waals surface area contributed by atoms with Crippen LogP contribution in [0.25, 0.3) is 0 Å². The summed E-state index contributed by atoms with van der Waals surface area (Å²) in [5.41, 5.74) is 4.83. The van der Waals surface area contributed by atoms with Crippen molar-refractivity contribution in [1.82, 2.24) is 4.98 Å². The Hall–Kier alpha value is -1.92. The van der Waals surface area contributed by atoms with E-state index in [1.54, 1.807) is 24.3 Å². The highest BCUT2D eigenvalue weighted by Gasteiger charge is 2.10. The van der Waals surface area contributed by atoms with Crippen LogP contribution in [0.4, 0.5) is 10.8 Å². The maximum absolute atomic E-state index is 12.0. The first-order valence-corrected chi connectivity index (χ1v) is 6.81. The number of amides is 1. The molecule has 0 atom stereocenters. The summed E-state index contributed by atoms with van der Waals surface area (Å²) in [4.78, 5) is 16.4. The lowest BCUT2D eigenvalue weighted by Gasteiger charge is -2.03. The lowest BCUT2D eigenvalue weighted by atomic mass is 10.2. The van der Waals surface area contributed by atoms with Crippen LogP contribution in [0.15, 0.2) is 29.6 Å². The molecule has 0 bridgehead atoms. The lowest BCUT2D eigenvalue weighted by Crippen LogP contribution is -2.12. The first kappa shape index (κ1) is 13.5. The predicted octanol–water partition coefficient (Wildman–Crippen LogP) is 2.80. The van der Waals surface area contributed by atoms with Crippen LogP contribution in [0.5, 0.6) is 0 Å². The van der Waals surface area contributed by atoms with Crippen molar-refractivity contribution in [2.45, 2.75) is 19.8 Å². The highest BCUT2D eigenvalue weighted by Crippen LogP contribution is 2.22. The van der Waals surface area contributed by atoms with Gasteiger partial charge in [-0.1, -0.05) is 13.8 Å². The summed E-state index contributed by atoms with van der Waals surface area (Å²) in [5, 5.41) is 5.37. The van der Waals surface area contributed by atoms with E-state index in [0.29, 0.717) is 16.6 Å². The molecule has 0 fully saturated rings. The normalized spacial score (nSPS) is 10.5. The van der Waals surface area contributed by atoms with Crippen LogP contribution in [0.2, 0.25) is 0 Å². The molecule has 0 saturated heterocycles. The quantitative estimate of drug-likeness (QED) is 0.592. The van der Waals surface area contributed by atoms with Gasteiger partial charge in [-0.05, 0) is 30.2 Å². The molecule has 5 nitrogen and oxygen atoms in total. The zero-order chi connectivity index (χ0) is 13.8. The van der Waals surface area contributed by atoms with E-state index >= 15 is 0 Å². The minimum absolute atomic E-state index is 0.173. The van der Waals surface area contributed by atoms with E-state index in [2.05, 4.69) is 29.6 Å². The molecule has 0 saturated carbocycles. The fourth-order valence-electron chi connectivity index (χ4n) is 1.50. The highest BCUT2D eigenvalue weighted by molar-refractivity contribution is 7.14. The number of nitrogen functional groups attached to an aromatic ring is 1. The summed E-state index contributed by atoms with van der Waals surface area (Å²) >= 11 is 1.43. The number of nitrogens with one attached hydrogen (secondary N) is 2. The highest BCUT2D eigenvalue weighted by atomic mass is 32.1. The summed E-state index contributed by atoms with van der Waals surface area (Å²) < 4.78 is 0. The number of benzene rings is 1. The molecule has 6 heteroatoms. The summed E-state index contributed by atoms with van der Waals surface area (Å²) in [5.74, 6) is 5.46. The van der Waals surface area contributed by atoms with E-state index in [1.807, 2.05) is 5.38 Å². The Labute approximate surface area is 115 Å². The van der Waals surface area contributed by atoms with Gasteiger partial charge in [-0.3, -0.25) is 16.0 Å². The standard InChI is InChI=1S/C13H16N4OS/c1-8(2)11-7-19-13(15-11)16-12(18)9-3-5-10(17-14)6-4-9/h3-8,17H,14H2,1-2H3,(H,15,16,18). The van der Waals surface area contributed by atoms with Crippen molar-refractivity contribution >= 4 is 28.1 Å². The van der Waals surface area contributed by atoms with Crippen LogP contribution in [0, 0.1) is 0 Å². The van der Waals surface area contributed by atoms with E-state index < -0.39 is 0 Å². The van der Waals surface area contributed by atoms with Crippen molar-refractivity contribution in [2.24, 2.45) is 5.84 Å². The third-order valence-corrected chi connectivity index (χ3v) is 3.42. The van der Waals surface area contributed by atoms with Crippen LogP contribution in [-0.4, -0.2) is 10.9 Å². The third kappa shape index (κ3) is 3.30. The van der Waals surface area contributed by atoms with Crippen LogP contribution < -0.4 is 16.6 Å². The van der Waals surface area contributed by atoms with E-state index in [9.17, 15) is 4.79 Å². The predicted molar refractivity (Wildman–Crippen MR) is 78.4 cm³/mol. The lowest BCUT2D eigenvalue weighted by molar-refractivity contribution is 0.102. The van der Waals surface area contributed by atoms with Gasteiger partial charge in [0.05, 0.1) is 5.69 Å². The van der Waals surface area contributed by atoms with E-state index in [4.69, 9.17) is 5.84 Å². The van der Waals surface area contributed by atoms with Gasteiger partial charge in [-0.15, -0.1) is 11.3 Å². The number of nitrogens with two attached hydrogens (primary N) is 1. The Morgan fingerprint density at radius 2 is 2.00 bits per heavy atom. The molecule has 2 rings (SSSR count). The van der Waals surface area contributed by atoms with Gasteiger partial charge in [-0.2, -0.15) is 0 Å². The first-order chi connectivity index (χ1) is 9.10. The Kier molecular flexibility index (Phi) is 4.13. The van der Waals surface area contributed by atoms with Gasteiger partial charge >= 0.3 is 0 Å². The molecule has 0 aliphatic carbocycles. The van der Waals surface area contributed by atoms with Crippen molar-refractivity contribution in [3.05, 3.63) is 40.9 Å². The Bertz CT molecular complexity index is 562. The number of hydrogen-bond donors (Lipinski definition) is 3. The molecule has 1 aromatic carbocycles. The second kappa shape index (κ2) is 5.81. The van der Waals surface area contributed by atoms with Crippen LogP contribution in [-0.2, 0) is 0 Å². The fraction of sp³-hybridized carbons (Fsp3) is 0.231. The molecule has 1 aromatic heterocycles. The summed E-state index contributed by atoms with van der Waals surface area (Å²) in [7, 11) is 0. The molecule has 1 heterocycles. The van der Waals surface area contributed by atoms with Crippen molar-refractivity contribution in [2.75, 3.05) is 10.7 Å². The number of carbonyl (C=O) groups excluding carboxylic acids is 1. The van der Waals surface area contributed by atoms with Crippen molar-refractivity contribution < 1.29 is 4.79 Å². The molecule has 0 aliphatic rings. The molecular formula is C13H16N4OS. The van der Waals surface area contributed by atoms with Gasteiger partial charge in [0.2, 0.25) is 0 Å². The van der Waals surface area contributed by atoms with Crippen molar-refractivity contribution in [1.29, 1.82) is 0 Å². The zero-order valence-electron chi connectivity index (χ0n) is 10.8. The monoisotopic (exact) mass is 276 g/mol. The Balaban J connectivity index is 2.06. The number of aromatic nitrogens is 1. The second-order valence-corrected chi connectivity index (χ2v) is 5.27. The number of thiazole rings is 1. The molecule has 2 aromatic rings. The first-order valence-electron chi connectivity index (χ1n) is 5.93. The van der Waals surface area contributed by atoms with E-state index in [0.717, 1.165) is 11.4 Å². The minimum Gasteiger partial charge on any atom is -0.324 e. The Morgan fingerprint density at radius 1 is 1.32 bits per heavy atom. The number of nitrogens with zero attached hydrogens (tertiary/aromatic N) is 1. The van der Waals surface area contributed by atoms with E-state index in [1.165, 1.54) is 11.3 Å². The van der Waals surface area contributed by atoms with Gasteiger partial charge in [0.1, 0.15) is 0 Å². The maximum Gasteiger partial charge on any atom is 0.257 e. The largest absolute Gasteiger partial charge is 0.324 e. The zero-order valence-corrected chi connectivity index (χ0v) is 11.6. The van der Waals surface area contributed by atoms with Crippen molar-refractivity contribution in [3.8, 4) is 0 Å². The van der Waals surface area contributed by atoms with Crippen LogP contribution in [0.3, 0.4) is 0 Å². The Morgan fingerprint density at radius 3 is 2.53 bits per heavy atom. The molecule has 100 valence electrons. The number of rotatable bonds is 4. The SMILES string of the molecule is CC(C)c1csc(NC(=O)c2ccc(NN)cc2)n1. The number of hydrazine groups is 1. The molecule has 0 unspecified atom stereocenters. The van der Waals surface area contributed by atoms with Crippen molar-refractivity contribution in [3.63, 3.8) is 0 Å². The van der Waals surface area contributed by atoms with Gasteiger partial charge in [0.15, 0.2) is 5.13 Å². The molecule has 19 heavy (non-hydrogen) atoms. The molecule has 0 radical (unpaired) electrons. The smallest absolute Gasteiger partial charge is 0.257 e. The molecule has 0 spiro atoms. The maximum atomic E-state index is 12.0.